The second kappa shape index (κ2) is 5.60. The van der Waals surface area contributed by atoms with Gasteiger partial charge in [0.25, 0.3) is 0 Å². The number of rotatable bonds is 4. The van der Waals surface area contributed by atoms with Gasteiger partial charge >= 0.3 is 5.97 Å². The molecule has 1 aromatic heterocycles. The minimum atomic E-state index is -0.397. The summed E-state index contributed by atoms with van der Waals surface area (Å²) in [5, 5.41) is 0.800. The highest BCUT2D eigenvalue weighted by Gasteiger charge is 2.17. The van der Waals surface area contributed by atoms with Gasteiger partial charge in [-0.1, -0.05) is 36.9 Å². The van der Waals surface area contributed by atoms with Crippen molar-refractivity contribution in [1.29, 1.82) is 0 Å². The van der Waals surface area contributed by atoms with Gasteiger partial charge in [-0.15, -0.1) is 11.3 Å². The fraction of sp³-hybridized carbons (Fsp3) is 0.143. The van der Waals surface area contributed by atoms with Gasteiger partial charge in [-0.3, -0.25) is 0 Å². The predicted molar refractivity (Wildman–Crippen MR) is 73.6 cm³/mol. The maximum Gasteiger partial charge on any atom is 0.358 e. The van der Waals surface area contributed by atoms with E-state index in [0.717, 1.165) is 15.4 Å². The highest BCUT2D eigenvalue weighted by molar-refractivity contribution is 7.16. The topological polar surface area (TPSA) is 39.2 Å². The van der Waals surface area contributed by atoms with Crippen LogP contribution in [-0.2, 0) is 4.74 Å². The van der Waals surface area contributed by atoms with Gasteiger partial charge in [-0.05, 0) is 13.0 Å². The maximum atomic E-state index is 11.7. The van der Waals surface area contributed by atoms with Gasteiger partial charge in [0.15, 0.2) is 5.69 Å². The number of carbonyl (C=O) groups excluding carboxylic acids is 1. The summed E-state index contributed by atoms with van der Waals surface area (Å²) in [6.45, 7) is 5.82. The molecule has 3 nitrogen and oxygen atoms in total. The zero-order chi connectivity index (χ0) is 13.0. The number of aromatic nitrogens is 1. The number of hydrogen-bond acceptors (Lipinski definition) is 4. The van der Waals surface area contributed by atoms with E-state index in [1.54, 1.807) is 13.0 Å². The third-order valence-electron chi connectivity index (χ3n) is 2.33. The Balaban J connectivity index is 2.41. The van der Waals surface area contributed by atoms with Crippen LogP contribution in [0.2, 0.25) is 0 Å². The molecule has 0 unspecified atom stereocenters. The minimum absolute atomic E-state index is 0.341. The molecule has 1 heterocycles. The summed E-state index contributed by atoms with van der Waals surface area (Å²) in [5.41, 5.74) is 1.33. The number of carbonyl (C=O) groups is 1. The largest absolute Gasteiger partial charge is 0.461 e. The Morgan fingerprint density at radius 2 is 2.17 bits per heavy atom. The normalized spacial score (nSPS) is 10.1. The average Bonchev–Trinajstić information content (AvgIpc) is 2.84. The molecule has 0 fully saturated rings. The van der Waals surface area contributed by atoms with Crippen LogP contribution in [0.3, 0.4) is 0 Å². The third-order valence-corrected chi connectivity index (χ3v) is 3.43. The first-order valence-electron chi connectivity index (χ1n) is 5.62. The third kappa shape index (κ3) is 2.49. The van der Waals surface area contributed by atoms with Crippen LogP contribution in [0.1, 0.15) is 22.3 Å². The average molecular weight is 259 g/mol. The first-order valence-corrected chi connectivity index (χ1v) is 6.43. The van der Waals surface area contributed by atoms with E-state index in [4.69, 9.17) is 4.74 Å². The standard InChI is InChI=1S/C14H13NO2S/c1-3-11-12(14(16)17-4-2)15-13(18-11)10-8-6-5-7-9-10/h3,5-9H,1,4H2,2H3. The Kier molecular flexibility index (Phi) is 3.89. The van der Waals surface area contributed by atoms with Crippen molar-refractivity contribution in [3.05, 3.63) is 47.5 Å². The van der Waals surface area contributed by atoms with E-state index in [9.17, 15) is 4.79 Å². The molecular weight excluding hydrogens is 246 g/mol. The lowest BCUT2D eigenvalue weighted by atomic mass is 10.2. The molecule has 2 aromatic rings. The molecule has 0 radical (unpaired) electrons. The Hall–Kier alpha value is -1.94. The molecule has 2 rings (SSSR count). The van der Waals surface area contributed by atoms with Gasteiger partial charge in [0.2, 0.25) is 0 Å². The summed E-state index contributed by atoms with van der Waals surface area (Å²) in [5.74, 6) is -0.397. The Morgan fingerprint density at radius 1 is 1.44 bits per heavy atom. The Labute approximate surface area is 110 Å². The van der Waals surface area contributed by atoms with Crippen LogP contribution in [0.15, 0.2) is 36.9 Å². The van der Waals surface area contributed by atoms with Crippen LogP contribution in [-0.4, -0.2) is 17.6 Å². The summed E-state index contributed by atoms with van der Waals surface area (Å²) >= 11 is 1.44. The van der Waals surface area contributed by atoms with Crippen molar-refractivity contribution in [2.24, 2.45) is 0 Å². The SMILES string of the molecule is C=Cc1sc(-c2ccccc2)nc1C(=O)OCC. The number of thiazole rings is 1. The lowest BCUT2D eigenvalue weighted by molar-refractivity contribution is 0.0520. The Bertz CT molecular complexity index is 560. The molecule has 0 saturated carbocycles. The zero-order valence-electron chi connectivity index (χ0n) is 10.1. The molecule has 0 bridgehead atoms. The first kappa shape index (κ1) is 12.5. The van der Waals surface area contributed by atoms with Crippen molar-refractivity contribution in [3.8, 4) is 10.6 Å². The van der Waals surface area contributed by atoms with Crippen molar-refractivity contribution in [2.45, 2.75) is 6.92 Å². The van der Waals surface area contributed by atoms with E-state index >= 15 is 0 Å². The molecule has 0 aliphatic carbocycles. The lowest BCUT2D eigenvalue weighted by Gasteiger charge is -1.98. The second-order valence-electron chi connectivity index (χ2n) is 3.52. The van der Waals surface area contributed by atoms with Crippen LogP contribution >= 0.6 is 11.3 Å². The first-order chi connectivity index (χ1) is 8.76. The summed E-state index contributed by atoms with van der Waals surface area (Å²) in [6.07, 6.45) is 1.64. The lowest BCUT2D eigenvalue weighted by Crippen LogP contribution is -2.06. The molecule has 18 heavy (non-hydrogen) atoms. The van der Waals surface area contributed by atoms with Crippen LogP contribution in [0.25, 0.3) is 16.6 Å². The van der Waals surface area contributed by atoms with E-state index in [2.05, 4.69) is 11.6 Å². The molecular formula is C14H13NO2S. The summed E-state index contributed by atoms with van der Waals surface area (Å²) in [4.78, 5) is 16.8. The Morgan fingerprint density at radius 3 is 2.78 bits per heavy atom. The monoisotopic (exact) mass is 259 g/mol. The van der Waals surface area contributed by atoms with Crippen molar-refractivity contribution in [1.82, 2.24) is 4.98 Å². The second-order valence-corrected chi connectivity index (χ2v) is 4.55. The quantitative estimate of drug-likeness (QED) is 0.787. The molecule has 92 valence electrons. The molecule has 1 aromatic carbocycles. The van der Waals surface area contributed by atoms with Gasteiger partial charge in [-0.25, -0.2) is 9.78 Å². The number of benzene rings is 1. The molecule has 0 atom stereocenters. The molecule has 4 heteroatoms. The number of esters is 1. The minimum Gasteiger partial charge on any atom is -0.461 e. The van der Waals surface area contributed by atoms with E-state index < -0.39 is 5.97 Å². The molecule has 0 N–H and O–H groups in total. The fourth-order valence-corrected chi connectivity index (χ4v) is 2.43. The number of ether oxygens (including phenoxy) is 1. The van der Waals surface area contributed by atoms with Crippen LogP contribution in [0.5, 0.6) is 0 Å². The van der Waals surface area contributed by atoms with Crippen molar-refractivity contribution in [3.63, 3.8) is 0 Å². The van der Waals surface area contributed by atoms with Crippen LogP contribution < -0.4 is 0 Å². The number of nitrogens with zero attached hydrogens (tertiary/aromatic N) is 1. The molecule has 0 saturated heterocycles. The highest BCUT2D eigenvalue weighted by atomic mass is 32.1. The van der Waals surface area contributed by atoms with Crippen molar-refractivity contribution >= 4 is 23.4 Å². The maximum absolute atomic E-state index is 11.7. The van der Waals surface area contributed by atoms with Gasteiger partial charge in [0.1, 0.15) is 5.01 Å². The number of hydrogen-bond donors (Lipinski definition) is 0. The van der Waals surface area contributed by atoms with E-state index in [-0.39, 0.29) is 0 Å². The van der Waals surface area contributed by atoms with Crippen molar-refractivity contribution in [2.75, 3.05) is 6.61 Å². The van der Waals surface area contributed by atoms with Crippen LogP contribution in [0.4, 0.5) is 0 Å². The molecule has 0 aliphatic rings. The summed E-state index contributed by atoms with van der Waals surface area (Å²) in [7, 11) is 0. The van der Waals surface area contributed by atoms with Crippen LogP contribution in [0, 0.1) is 0 Å². The van der Waals surface area contributed by atoms with Gasteiger partial charge in [-0.2, -0.15) is 0 Å². The fourth-order valence-electron chi connectivity index (χ4n) is 1.52. The van der Waals surface area contributed by atoms with Crippen molar-refractivity contribution < 1.29 is 9.53 Å². The molecule has 0 aliphatic heterocycles. The summed E-state index contributed by atoms with van der Waals surface area (Å²) in [6, 6.07) is 9.74. The van der Waals surface area contributed by atoms with Gasteiger partial charge in [0, 0.05) is 5.56 Å². The highest BCUT2D eigenvalue weighted by Crippen LogP contribution is 2.29. The smallest absolute Gasteiger partial charge is 0.358 e. The predicted octanol–water partition coefficient (Wildman–Crippen LogP) is 3.63. The zero-order valence-corrected chi connectivity index (χ0v) is 10.9. The summed E-state index contributed by atoms with van der Waals surface area (Å²) < 4.78 is 4.98. The van der Waals surface area contributed by atoms with Gasteiger partial charge in [0.05, 0.1) is 11.5 Å². The van der Waals surface area contributed by atoms with E-state index in [1.165, 1.54) is 11.3 Å². The van der Waals surface area contributed by atoms with E-state index in [1.807, 2.05) is 30.3 Å². The molecule has 0 amide bonds. The van der Waals surface area contributed by atoms with Gasteiger partial charge < -0.3 is 4.74 Å². The van der Waals surface area contributed by atoms with E-state index in [0.29, 0.717) is 12.3 Å². The molecule has 0 spiro atoms.